The highest BCUT2D eigenvalue weighted by Gasteiger charge is 2.34. The average Bonchev–Trinajstić information content (AvgIpc) is 2.91. The third-order valence-corrected chi connectivity index (χ3v) is 4.54. The lowest BCUT2D eigenvalue weighted by Gasteiger charge is -2.12. The SMILES string of the molecule is O=C(NCCN1C(=O)S/C(=C\c2ccccc2F)C1=O)c1ccncc1. The van der Waals surface area contributed by atoms with E-state index in [4.69, 9.17) is 0 Å². The molecule has 26 heavy (non-hydrogen) atoms. The van der Waals surface area contributed by atoms with E-state index in [0.717, 1.165) is 16.7 Å². The highest BCUT2D eigenvalue weighted by molar-refractivity contribution is 8.18. The lowest BCUT2D eigenvalue weighted by Crippen LogP contribution is -2.37. The van der Waals surface area contributed by atoms with Crippen LogP contribution in [-0.2, 0) is 4.79 Å². The quantitative estimate of drug-likeness (QED) is 0.818. The van der Waals surface area contributed by atoms with Crippen LogP contribution in [0.5, 0.6) is 0 Å². The summed E-state index contributed by atoms with van der Waals surface area (Å²) in [5, 5.41) is 2.19. The fourth-order valence-corrected chi connectivity index (χ4v) is 3.17. The summed E-state index contributed by atoms with van der Waals surface area (Å²) in [7, 11) is 0. The predicted molar refractivity (Wildman–Crippen MR) is 95.6 cm³/mol. The molecule has 2 aromatic rings. The Morgan fingerprint density at radius 2 is 1.92 bits per heavy atom. The number of halogens is 1. The molecule has 1 aliphatic heterocycles. The van der Waals surface area contributed by atoms with E-state index in [1.165, 1.54) is 30.6 Å². The first-order valence-corrected chi connectivity index (χ1v) is 8.56. The molecule has 1 aliphatic rings. The fraction of sp³-hybridized carbons (Fsp3) is 0.111. The van der Waals surface area contributed by atoms with Gasteiger partial charge in [0.25, 0.3) is 17.1 Å². The molecule has 0 saturated carbocycles. The second kappa shape index (κ2) is 7.92. The molecule has 0 bridgehead atoms. The number of carbonyl (C=O) groups excluding carboxylic acids is 3. The van der Waals surface area contributed by atoms with Crippen molar-refractivity contribution in [2.24, 2.45) is 0 Å². The van der Waals surface area contributed by atoms with Crippen LogP contribution in [0, 0.1) is 5.82 Å². The fourth-order valence-electron chi connectivity index (χ4n) is 2.31. The molecule has 1 aromatic carbocycles. The Morgan fingerprint density at radius 1 is 1.19 bits per heavy atom. The lowest BCUT2D eigenvalue weighted by molar-refractivity contribution is -0.122. The van der Waals surface area contributed by atoms with Gasteiger partial charge < -0.3 is 5.32 Å². The molecule has 0 atom stereocenters. The van der Waals surface area contributed by atoms with Gasteiger partial charge in [-0.2, -0.15) is 0 Å². The minimum atomic E-state index is -0.499. The Balaban J connectivity index is 1.61. The number of pyridine rings is 1. The van der Waals surface area contributed by atoms with Gasteiger partial charge in [-0.1, -0.05) is 18.2 Å². The summed E-state index contributed by atoms with van der Waals surface area (Å²) < 4.78 is 13.7. The van der Waals surface area contributed by atoms with Crippen molar-refractivity contribution in [3.63, 3.8) is 0 Å². The minimum Gasteiger partial charge on any atom is -0.350 e. The summed E-state index contributed by atoms with van der Waals surface area (Å²) >= 11 is 0.751. The number of benzene rings is 1. The molecule has 0 unspecified atom stereocenters. The second-order valence-electron chi connectivity index (χ2n) is 5.35. The van der Waals surface area contributed by atoms with Crippen LogP contribution < -0.4 is 5.32 Å². The highest BCUT2D eigenvalue weighted by Crippen LogP contribution is 2.32. The molecule has 1 fully saturated rings. The third kappa shape index (κ3) is 3.97. The van der Waals surface area contributed by atoms with Gasteiger partial charge in [0.05, 0.1) is 4.91 Å². The van der Waals surface area contributed by atoms with E-state index in [-0.39, 0.29) is 29.5 Å². The zero-order chi connectivity index (χ0) is 18.5. The van der Waals surface area contributed by atoms with Crippen LogP contribution in [0.15, 0.2) is 53.7 Å². The van der Waals surface area contributed by atoms with E-state index in [0.29, 0.717) is 5.56 Å². The first-order valence-electron chi connectivity index (χ1n) is 7.74. The van der Waals surface area contributed by atoms with Gasteiger partial charge in [0.2, 0.25) is 0 Å². The van der Waals surface area contributed by atoms with Crippen LogP contribution in [0.25, 0.3) is 6.08 Å². The molecule has 3 rings (SSSR count). The third-order valence-electron chi connectivity index (χ3n) is 3.63. The van der Waals surface area contributed by atoms with Crippen molar-refractivity contribution in [1.29, 1.82) is 0 Å². The van der Waals surface area contributed by atoms with Crippen molar-refractivity contribution in [1.82, 2.24) is 15.2 Å². The molecule has 2 heterocycles. The van der Waals surface area contributed by atoms with Crippen molar-refractivity contribution in [3.05, 3.63) is 70.6 Å². The van der Waals surface area contributed by atoms with Gasteiger partial charge in [0, 0.05) is 36.6 Å². The van der Waals surface area contributed by atoms with Crippen LogP contribution in [0.1, 0.15) is 15.9 Å². The highest BCUT2D eigenvalue weighted by atomic mass is 32.2. The molecule has 1 saturated heterocycles. The van der Waals surface area contributed by atoms with E-state index in [1.54, 1.807) is 24.3 Å². The normalized spacial score (nSPS) is 15.6. The Labute approximate surface area is 153 Å². The van der Waals surface area contributed by atoms with Crippen molar-refractivity contribution < 1.29 is 18.8 Å². The predicted octanol–water partition coefficient (Wildman–Crippen LogP) is 2.69. The molecule has 1 aromatic heterocycles. The van der Waals surface area contributed by atoms with Crippen LogP contribution in [0.3, 0.4) is 0 Å². The second-order valence-corrected chi connectivity index (χ2v) is 6.34. The molecule has 132 valence electrons. The van der Waals surface area contributed by atoms with E-state index in [9.17, 15) is 18.8 Å². The van der Waals surface area contributed by atoms with Crippen molar-refractivity contribution in [2.45, 2.75) is 0 Å². The van der Waals surface area contributed by atoms with Crippen molar-refractivity contribution >= 4 is 34.9 Å². The summed E-state index contributed by atoms with van der Waals surface area (Å²) in [6.45, 7) is 0.155. The molecule has 8 heteroatoms. The first-order chi connectivity index (χ1) is 12.6. The minimum absolute atomic E-state index is 0.0378. The van der Waals surface area contributed by atoms with Gasteiger partial charge in [-0.15, -0.1) is 0 Å². The number of hydrogen-bond donors (Lipinski definition) is 1. The number of hydrogen-bond acceptors (Lipinski definition) is 5. The van der Waals surface area contributed by atoms with Gasteiger partial charge in [-0.25, -0.2) is 4.39 Å². The maximum absolute atomic E-state index is 13.7. The lowest BCUT2D eigenvalue weighted by atomic mass is 10.2. The largest absolute Gasteiger partial charge is 0.350 e. The molecule has 6 nitrogen and oxygen atoms in total. The maximum Gasteiger partial charge on any atom is 0.293 e. The van der Waals surface area contributed by atoms with E-state index in [2.05, 4.69) is 10.3 Å². The number of carbonyl (C=O) groups is 3. The Hall–Kier alpha value is -3.00. The smallest absolute Gasteiger partial charge is 0.293 e. The maximum atomic E-state index is 13.7. The summed E-state index contributed by atoms with van der Waals surface area (Å²) in [4.78, 5) is 41.3. The first kappa shape index (κ1) is 17.8. The van der Waals surface area contributed by atoms with Crippen LogP contribution in [0.2, 0.25) is 0 Å². The molecular weight excluding hydrogens is 357 g/mol. The monoisotopic (exact) mass is 371 g/mol. The number of amides is 3. The number of thioether (sulfide) groups is 1. The topological polar surface area (TPSA) is 79.4 Å². The molecule has 0 radical (unpaired) electrons. The molecular formula is C18H14FN3O3S. The summed E-state index contributed by atoms with van der Waals surface area (Å²) in [5.74, 6) is -1.29. The number of nitrogens with zero attached hydrogens (tertiary/aromatic N) is 2. The van der Waals surface area contributed by atoms with E-state index in [1.807, 2.05) is 0 Å². The molecule has 0 aliphatic carbocycles. The average molecular weight is 371 g/mol. The molecule has 0 spiro atoms. The van der Waals surface area contributed by atoms with Crippen molar-refractivity contribution in [3.8, 4) is 0 Å². The van der Waals surface area contributed by atoms with Gasteiger partial charge in [-0.05, 0) is 36.0 Å². The Bertz CT molecular complexity index is 886. The van der Waals surface area contributed by atoms with Gasteiger partial charge >= 0.3 is 0 Å². The van der Waals surface area contributed by atoms with Gasteiger partial charge in [0.1, 0.15) is 5.82 Å². The standard InChI is InChI=1S/C18H14FN3O3S/c19-14-4-2-1-3-13(14)11-15-17(24)22(18(25)26-15)10-9-21-16(23)12-5-7-20-8-6-12/h1-8,11H,9-10H2,(H,21,23)/b15-11-. The summed E-state index contributed by atoms with van der Waals surface area (Å²) in [6, 6.07) is 9.12. The number of aromatic nitrogens is 1. The zero-order valence-corrected chi connectivity index (χ0v) is 14.3. The van der Waals surface area contributed by atoms with Crippen LogP contribution in [-0.4, -0.2) is 40.0 Å². The Kier molecular flexibility index (Phi) is 5.43. The molecule has 1 N–H and O–H groups in total. The van der Waals surface area contributed by atoms with E-state index >= 15 is 0 Å². The number of rotatable bonds is 5. The van der Waals surface area contributed by atoms with Gasteiger partial charge in [-0.3, -0.25) is 24.3 Å². The number of imide groups is 1. The summed E-state index contributed by atoms with van der Waals surface area (Å²) in [5.41, 5.74) is 0.678. The van der Waals surface area contributed by atoms with Crippen LogP contribution >= 0.6 is 11.8 Å². The molecule has 3 amide bonds. The van der Waals surface area contributed by atoms with Crippen molar-refractivity contribution in [2.75, 3.05) is 13.1 Å². The zero-order valence-electron chi connectivity index (χ0n) is 13.5. The number of nitrogens with one attached hydrogen (secondary N) is 1. The van der Waals surface area contributed by atoms with Crippen LogP contribution in [0.4, 0.5) is 9.18 Å². The van der Waals surface area contributed by atoms with E-state index < -0.39 is 17.0 Å². The summed E-state index contributed by atoms with van der Waals surface area (Å²) in [6.07, 6.45) is 4.35. The van der Waals surface area contributed by atoms with Gasteiger partial charge in [0.15, 0.2) is 0 Å². The Morgan fingerprint density at radius 3 is 2.65 bits per heavy atom.